The lowest BCUT2D eigenvalue weighted by Crippen LogP contribution is -2.47. The summed E-state index contributed by atoms with van der Waals surface area (Å²) in [5, 5.41) is 14.8. The van der Waals surface area contributed by atoms with Crippen molar-refractivity contribution in [1.29, 1.82) is 0 Å². The lowest BCUT2D eigenvalue weighted by Gasteiger charge is -2.32. The van der Waals surface area contributed by atoms with Gasteiger partial charge >= 0.3 is 12.1 Å². The highest BCUT2D eigenvalue weighted by molar-refractivity contribution is 8.01. The van der Waals surface area contributed by atoms with Crippen LogP contribution in [0.1, 0.15) is 49.5 Å². The van der Waals surface area contributed by atoms with Crippen LogP contribution >= 0.6 is 11.8 Å². The van der Waals surface area contributed by atoms with E-state index in [4.69, 9.17) is 4.74 Å². The normalized spacial score (nSPS) is 17.0. The molecule has 0 unspecified atom stereocenters. The summed E-state index contributed by atoms with van der Waals surface area (Å²) < 4.78 is 45.2. The largest absolute Gasteiger partial charge is 0.465 e. The van der Waals surface area contributed by atoms with E-state index in [9.17, 15) is 32.9 Å². The number of esters is 1. The second-order valence-corrected chi connectivity index (χ2v) is 9.53. The van der Waals surface area contributed by atoms with Crippen LogP contribution in [-0.4, -0.2) is 59.2 Å². The minimum absolute atomic E-state index is 0.0501. The molecule has 178 valence electrons. The highest BCUT2D eigenvalue weighted by Gasteiger charge is 2.41. The molecule has 1 aliphatic rings. The molecule has 32 heavy (non-hydrogen) atoms. The third-order valence-electron chi connectivity index (χ3n) is 5.10. The van der Waals surface area contributed by atoms with Crippen molar-refractivity contribution < 1.29 is 32.4 Å². The first kappa shape index (κ1) is 25.9. The second-order valence-electron chi connectivity index (χ2n) is 7.87. The molecule has 0 bridgehead atoms. The van der Waals surface area contributed by atoms with Gasteiger partial charge in [0, 0.05) is 25.7 Å². The molecule has 1 aromatic carbocycles. The Bertz CT molecular complexity index is 886. The van der Waals surface area contributed by atoms with Crippen LogP contribution in [0.4, 0.5) is 18.9 Å². The van der Waals surface area contributed by atoms with E-state index in [2.05, 4.69) is 5.32 Å². The number of alkyl halides is 3. The lowest BCUT2D eigenvalue weighted by molar-refractivity contribution is -0.387. The average Bonchev–Trinajstić information content (AvgIpc) is 2.72. The fourth-order valence-corrected chi connectivity index (χ4v) is 4.45. The Labute approximate surface area is 188 Å². The van der Waals surface area contributed by atoms with Gasteiger partial charge in [0.25, 0.3) is 11.6 Å². The molecule has 1 heterocycles. The van der Waals surface area contributed by atoms with Crippen molar-refractivity contribution >= 4 is 29.3 Å². The Morgan fingerprint density at radius 3 is 2.50 bits per heavy atom. The standard InChI is InChI=1S/C20H26F3N3O5S/c1-5-31-18(28)19(2,3)32-16-10-14(20(21,22)23)13(9-15(16)26(29)30)17(27)25(4)12-7-6-8-24-11-12/h9-10,12,24H,5-8,11H2,1-4H3/t12-/m1/s1. The summed E-state index contributed by atoms with van der Waals surface area (Å²) in [7, 11) is 1.39. The van der Waals surface area contributed by atoms with Crippen molar-refractivity contribution in [1.82, 2.24) is 10.2 Å². The Hall–Kier alpha value is -2.34. The van der Waals surface area contributed by atoms with Gasteiger partial charge in [0.2, 0.25) is 0 Å². The van der Waals surface area contributed by atoms with Crippen molar-refractivity contribution in [3.05, 3.63) is 33.4 Å². The Balaban J connectivity index is 2.56. The van der Waals surface area contributed by atoms with E-state index < -0.39 is 44.5 Å². The van der Waals surface area contributed by atoms with Crippen molar-refractivity contribution in [2.75, 3.05) is 26.7 Å². The van der Waals surface area contributed by atoms with Gasteiger partial charge in [-0.1, -0.05) is 0 Å². The minimum Gasteiger partial charge on any atom is -0.465 e. The van der Waals surface area contributed by atoms with Gasteiger partial charge in [0.15, 0.2) is 0 Å². The molecule has 1 fully saturated rings. The first-order valence-corrected chi connectivity index (χ1v) is 10.8. The SMILES string of the molecule is CCOC(=O)C(C)(C)Sc1cc(C(F)(F)F)c(C(=O)N(C)[C@@H]2CCCNC2)cc1[N+](=O)[O-]. The first-order valence-electron chi connectivity index (χ1n) is 10.0. The number of carbonyl (C=O) groups excluding carboxylic acids is 2. The van der Waals surface area contributed by atoms with E-state index in [0.29, 0.717) is 36.9 Å². The molecule has 12 heteroatoms. The van der Waals surface area contributed by atoms with Crippen LogP contribution < -0.4 is 5.32 Å². The molecular weight excluding hydrogens is 451 g/mol. The molecular formula is C20H26F3N3O5S. The Kier molecular flexibility index (Phi) is 8.16. The smallest absolute Gasteiger partial charge is 0.417 e. The molecule has 1 N–H and O–H groups in total. The van der Waals surface area contributed by atoms with Crippen LogP contribution in [0.25, 0.3) is 0 Å². The second kappa shape index (κ2) is 10.1. The van der Waals surface area contributed by atoms with Crippen LogP contribution in [0.5, 0.6) is 0 Å². The molecule has 1 amide bonds. The zero-order chi connectivity index (χ0) is 24.3. The number of benzene rings is 1. The molecule has 2 rings (SSSR count). The molecule has 1 aliphatic heterocycles. The molecule has 0 spiro atoms. The zero-order valence-electron chi connectivity index (χ0n) is 18.2. The summed E-state index contributed by atoms with van der Waals surface area (Å²) in [6, 6.07) is 0.902. The van der Waals surface area contributed by atoms with Gasteiger partial charge in [0.05, 0.1) is 27.6 Å². The van der Waals surface area contributed by atoms with Crippen LogP contribution in [0, 0.1) is 10.1 Å². The number of hydrogen-bond donors (Lipinski definition) is 1. The molecule has 0 radical (unpaired) electrons. The maximum Gasteiger partial charge on any atom is 0.417 e. The molecule has 8 nitrogen and oxygen atoms in total. The molecule has 1 aromatic rings. The minimum atomic E-state index is -4.94. The maximum atomic E-state index is 13.9. The number of thioether (sulfide) groups is 1. The van der Waals surface area contributed by atoms with Gasteiger partial charge in [-0.2, -0.15) is 13.2 Å². The molecule has 0 aliphatic carbocycles. The van der Waals surface area contributed by atoms with E-state index in [0.717, 1.165) is 13.0 Å². The van der Waals surface area contributed by atoms with Crippen molar-refractivity contribution in [3.8, 4) is 0 Å². The van der Waals surface area contributed by atoms with Gasteiger partial charge in [-0.3, -0.25) is 19.7 Å². The number of hydrogen-bond acceptors (Lipinski definition) is 7. The number of nitrogens with zero attached hydrogens (tertiary/aromatic N) is 2. The summed E-state index contributed by atoms with van der Waals surface area (Å²) in [6.45, 7) is 5.59. The molecule has 1 atom stereocenters. The average molecular weight is 478 g/mol. The Morgan fingerprint density at radius 2 is 2.00 bits per heavy atom. The van der Waals surface area contributed by atoms with E-state index in [1.807, 2.05) is 0 Å². The fraction of sp³-hybridized carbons (Fsp3) is 0.600. The molecule has 0 aromatic heterocycles. The number of piperidine rings is 1. The number of likely N-dealkylation sites (N-methyl/N-ethyl adjacent to an activating group) is 1. The highest BCUT2D eigenvalue weighted by Crippen LogP contribution is 2.44. The summed E-state index contributed by atoms with van der Waals surface area (Å²) >= 11 is 0.585. The summed E-state index contributed by atoms with van der Waals surface area (Å²) in [5.74, 6) is -1.67. The van der Waals surface area contributed by atoms with Crippen molar-refractivity contribution in [3.63, 3.8) is 0 Å². The number of ether oxygens (including phenoxy) is 1. The number of nitrogens with one attached hydrogen (secondary N) is 1. The number of nitro benzene ring substituents is 1. The van der Waals surface area contributed by atoms with Crippen LogP contribution in [0.3, 0.4) is 0 Å². The van der Waals surface area contributed by atoms with Gasteiger partial charge in [0.1, 0.15) is 4.75 Å². The molecule has 1 saturated heterocycles. The quantitative estimate of drug-likeness (QED) is 0.275. The fourth-order valence-electron chi connectivity index (χ4n) is 3.35. The number of halogens is 3. The molecule has 0 saturated carbocycles. The number of rotatable bonds is 7. The Morgan fingerprint density at radius 1 is 1.34 bits per heavy atom. The predicted octanol–water partition coefficient (Wildman–Crippen LogP) is 3.87. The van der Waals surface area contributed by atoms with Gasteiger partial charge < -0.3 is 15.0 Å². The summed E-state index contributed by atoms with van der Waals surface area (Å²) in [5.41, 5.74) is -2.76. The topological polar surface area (TPSA) is 102 Å². The number of amides is 1. The van der Waals surface area contributed by atoms with Crippen LogP contribution in [-0.2, 0) is 15.7 Å². The highest BCUT2D eigenvalue weighted by atomic mass is 32.2. The third kappa shape index (κ3) is 5.91. The van der Waals surface area contributed by atoms with E-state index in [1.165, 1.54) is 25.8 Å². The van der Waals surface area contributed by atoms with Gasteiger partial charge in [-0.05, 0) is 46.2 Å². The summed E-state index contributed by atoms with van der Waals surface area (Å²) in [4.78, 5) is 36.8. The predicted molar refractivity (Wildman–Crippen MR) is 113 cm³/mol. The van der Waals surface area contributed by atoms with E-state index in [-0.39, 0.29) is 17.5 Å². The van der Waals surface area contributed by atoms with Crippen LogP contribution in [0.2, 0.25) is 0 Å². The number of carbonyl (C=O) groups is 2. The maximum absolute atomic E-state index is 13.9. The zero-order valence-corrected chi connectivity index (χ0v) is 19.1. The third-order valence-corrected chi connectivity index (χ3v) is 6.33. The van der Waals surface area contributed by atoms with Gasteiger partial charge in [-0.25, -0.2) is 0 Å². The summed E-state index contributed by atoms with van der Waals surface area (Å²) in [6.07, 6.45) is -3.57. The lowest BCUT2D eigenvalue weighted by atomic mass is 10.0. The number of nitro groups is 1. The van der Waals surface area contributed by atoms with Crippen molar-refractivity contribution in [2.24, 2.45) is 0 Å². The first-order chi connectivity index (χ1) is 14.8. The van der Waals surface area contributed by atoms with E-state index in [1.54, 1.807) is 6.92 Å². The van der Waals surface area contributed by atoms with Crippen molar-refractivity contribution in [2.45, 2.75) is 55.5 Å². The van der Waals surface area contributed by atoms with E-state index >= 15 is 0 Å². The van der Waals surface area contributed by atoms with Crippen LogP contribution in [0.15, 0.2) is 17.0 Å². The monoisotopic (exact) mass is 477 g/mol. The van der Waals surface area contributed by atoms with Gasteiger partial charge in [-0.15, -0.1) is 11.8 Å².